The second-order valence-corrected chi connectivity index (χ2v) is 6.22. The summed E-state index contributed by atoms with van der Waals surface area (Å²) >= 11 is 0. The predicted octanol–water partition coefficient (Wildman–Crippen LogP) is -3.34. The number of rotatable bonds is 12. The molecule has 0 radical (unpaired) electrons. The summed E-state index contributed by atoms with van der Waals surface area (Å²) in [4.78, 5) is 58.4. The van der Waals surface area contributed by atoms with E-state index in [9.17, 15) is 24.0 Å². The van der Waals surface area contributed by atoms with Gasteiger partial charge in [0.15, 0.2) is 0 Å². The number of hydrogen-bond acceptors (Lipinski definition) is 7. The van der Waals surface area contributed by atoms with Crippen LogP contribution < -0.4 is 27.0 Å². The van der Waals surface area contributed by atoms with E-state index < -0.39 is 54.3 Å². The third-order valence-corrected chi connectivity index (χ3v) is 3.99. The lowest BCUT2D eigenvalue weighted by Crippen LogP contribution is -2.58. The molecule has 28 heavy (non-hydrogen) atoms. The SMILES string of the molecule is CC[C@H](C)[C@H](NC(=O)[C@H](C)NC(=O)CNC(=O)CN)C(=O)N[C@@H](CO)C(=O)O. The van der Waals surface area contributed by atoms with Crippen molar-refractivity contribution >= 4 is 29.6 Å². The zero-order valence-corrected chi connectivity index (χ0v) is 16.2. The highest BCUT2D eigenvalue weighted by Gasteiger charge is 2.30. The Labute approximate surface area is 162 Å². The van der Waals surface area contributed by atoms with E-state index in [2.05, 4.69) is 21.3 Å². The van der Waals surface area contributed by atoms with E-state index in [1.807, 2.05) is 0 Å². The lowest BCUT2D eigenvalue weighted by Gasteiger charge is -2.26. The van der Waals surface area contributed by atoms with Gasteiger partial charge in [-0.15, -0.1) is 0 Å². The van der Waals surface area contributed by atoms with Crippen LogP contribution in [0.4, 0.5) is 0 Å². The fraction of sp³-hybridized carbons (Fsp3) is 0.688. The molecule has 0 spiro atoms. The van der Waals surface area contributed by atoms with Crippen LogP contribution in [0.15, 0.2) is 0 Å². The van der Waals surface area contributed by atoms with Crippen LogP contribution in [0.2, 0.25) is 0 Å². The van der Waals surface area contributed by atoms with Crippen molar-refractivity contribution in [1.82, 2.24) is 21.3 Å². The van der Waals surface area contributed by atoms with Crippen LogP contribution in [-0.2, 0) is 24.0 Å². The normalized spacial score (nSPS) is 14.8. The zero-order valence-electron chi connectivity index (χ0n) is 16.2. The van der Waals surface area contributed by atoms with Gasteiger partial charge in [0, 0.05) is 0 Å². The summed E-state index contributed by atoms with van der Waals surface area (Å²) < 4.78 is 0. The lowest BCUT2D eigenvalue weighted by atomic mass is 9.97. The number of carbonyl (C=O) groups excluding carboxylic acids is 4. The molecule has 0 bridgehead atoms. The van der Waals surface area contributed by atoms with Crippen molar-refractivity contribution in [3.05, 3.63) is 0 Å². The van der Waals surface area contributed by atoms with Gasteiger partial charge >= 0.3 is 5.97 Å². The van der Waals surface area contributed by atoms with Crippen LogP contribution in [0.1, 0.15) is 27.2 Å². The van der Waals surface area contributed by atoms with Crippen LogP contribution in [0.5, 0.6) is 0 Å². The van der Waals surface area contributed by atoms with Gasteiger partial charge in [-0.25, -0.2) is 4.79 Å². The summed E-state index contributed by atoms with van der Waals surface area (Å²) in [5.74, 6) is -4.35. The lowest BCUT2D eigenvalue weighted by molar-refractivity contribution is -0.143. The first kappa shape index (κ1) is 25.3. The molecule has 0 saturated carbocycles. The third kappa shape index (κ3) is 8.77. The minimum absolute atomic E-state index is 0.278. The molecule has 0 aliphatic carbocycles. The van der Waals surface area contributed by atoms with Crippen molar-refractivity contribution in [2.75, 3.05) is 19.7 Å². The predicted molar refractivity (Wildman–Crippen MR) is 97.7 cm³/mol. The maximum Gasteiger partial charge on any atom is 0.328 e. The first-order valence-electron chi connectivity index (χ1n) is 8.77. The minimum Gasteiger partial charge on any atom is -0.480 e. The number of nitrogens with two attached hydrogens (primary N) is 1. The van der Waals surface area contributed by atoms with E-state index in [1.165, 1.54) is 6.92 Å². The van der Waals surface area contributed by atoms with Gasteiger partial charge in [-0.3, -0.25) is 19.2 Å². The van der Waals surface area contributed by atoms with Crippen LogP contribution in [0.3, 0.4) is 0 Å². The molecular formula is C16H29N5O7. The Balaban J connectivity index is 4.92. The van der Waals surface area contributed by atoms with Crippen LogP contribution in [-0.4, -0.2) is 77.6 Å². The number of carbonyl (C=O) groups is 5. The molecule has 0 rings (SSSR count). The van der Waals surface area contributed by atoms with E-state index in [-0.39, 0.29) is 19.0 Å². The Morgan fingerprint density at radius 3 is 2.04 bits per heavy atom. The van der Waals surface area contributed by atoms with E-state index in [0.29, 0.717) is 6.42 Å². The summed E-state index contributed by atoms with van der Waals surface area (Å²) in [5, 5.41) is 27.2. The topological polar surface area (TPSA) is 200 Å². The molecule has 0 aliphatic rings. The molecule has 4 amide bonds. The molecular weight excluding hydrogens is 374 g/mol. The molecule has 0 aliphatic heterocycles. The molecule has 0 fully saturated rings. The average Bonchev–Trinajstić information content (AvgIpc) is 2.66. The fourth-order valence-electron chi connectivity index (χ4n) is 2.04. The first-order chi connectivity index (χ1) is 13.1. The summed E-state index contributed by atoms with van der Waals surface area (Å²) in [6.07, 6.45) is 0.501. The Bertz CT molecular complexity index is 584. The van der Waals surface area contributed by atoms with E-state index in [1.54, 1.807) is 13.8 Å². The highest BCUT2D eigenvalue weighted by molar-refractivity contribution is 5.94. The van der Waals surface area contributed by atoms with Gasteiger partial charge in [0.25, 0.3) is 0 Å². The summed E-state index contributed by atoms with van der Waals surface area (Å²) in [5.41, 5.74) is 5.10. The van der Waals surface area contributed by atoms with Gasteiger partial charge in [-0.2, -0.15) is 0 Å². The molecule has 8 N–H and O–H groups in total. The molecule has 0 saturated heterocycles. The Kier molecular flexibility index (Phi) is 11.4. The second-order valence-electron chi connectivity index (χ2n) is 6.22. The fourth-order valence-corrected chi connectivity index (χ4v) is 2.04. The highest BCUT2D eigenvalue weighted by atomic mass is 16.4. The quantitative estimate of drug-likeness (QED) is 0.175. The number of aliphatic carboxylic acids is 1. The summed E-state index contributed by atoms with van der Waals surface area (Å²) in [6.45, 7) is 3.41. The van der Waals surface area contributed by atoms with Crippen molar-refractivity contribution in [3.8, 4) is 0 Å². The van der Waals surface area contributed by atoms with Crippen molar-refractivity contribution < 1.29 is 34.2 Å². The van der Waals surface area contributed by atoms with Crippen LogP contribution in [0.25, 0.3) is 0 Å². The van der Waals surface area contributed by atoms with E-state index in [4.69, 9.17) is 15.9 Å². The molecule has 4 atom stereocenters. The molecule has 12 nitrogen and oxygen atoms in total. The number of hydrogen-bond donors (Lipinski definition) is 7. The number of carboxylic acids is 1. The van der Waals surface area contributed by atoms with Gasteiger partial charge in [0.05, 0.1) is 19.7 Å². The molecule has 0 aromatic carbocycles. The van der Waals surface area contributed by atoms with Crippen molar-refractivity contribution in [2.45, 2.75) is 45.3 Å². The summed E-state index contributed by atoms with van der Waals surface area (Å²) in [6, 6.07) is -3.59. The minimum atomic E-state index is -1.50. The van der Waals surface area contributed by atoms with Crippen LogP contribution >= 0.6 is 0 Å². The maximum atomic E-state index is 12.4. The van der Waals surface area contributed by atoms with E-state index in [0.717, 1.165) is 0 Å². The Hall–Kier alpha value is -2.73. The monoisotopic (exact) mass is 403 g/mol. The van der Waals surface area contributed by atoms with Crippen molar-refractivity contribution in [3.63, 3.8) is 0 Å². The smallest absolute Gasteiger partial charge is 0.328 e. The largest absolute Gasteiger partial charge is 0.480 e. The van der Waals surface area contributed by atoms with Gasteiger partial charge in [0.2, 0.25) is 23.6 Å². The first-order valence-corrected chi connectivity index (χ1v) is 8.77. The second kappa shape index (κ2) is 12.6. The van der Waals surface area contributed by atoms with Crippen molar-refractivity contribution in [1.29, 1.82) is 0 Å². The van der Waals surface area contributed by atoms with Gasteiger partial charge in [0.1, 0.15) is 18.1 Å². The Morgan fingerprint density at radius 2 is 1.57 bits per heavy atom. The van der Waals surface area contributed by atoms with E-state index >= 15 is 0 Å². The van der Waals surface area contributed by atoms with Crippen molar-refractivity contribution in [2.24, 2.45) is 11.7 Å². The standard InChI is InChI=1S/C16H29N5O7/c1-4-8(2)13(15(26)20-10(7-22)16(27)28)21-14(25)9(3)19-12(24)6-18-11(23)5-17/h8-10,13,22H,4-7,17H2,1-3H3,(H,18,23)(H,19,24)(H,20,26)(H,21,25)(H,27,28)/t8-,9-,10-,13-/m0/s1. The molecule has 0 unspecified atom stereocenters. The zero-order chi connectivity index (χ0) is 21.9. The number of nitrogens with one attached hydrogen (secondary N) is 4. The molecule has 0 aromatic heterocycles. The molecule has 12 heteroatoms. The third-order valence-electron chi connectivity index (χ3n) is 3.99. The molecule has 0 heterocycles. The van der Waals surface area contributed by atoms with Crippen LogP contribution in [0, 0.1) is 5.92 Å². The van der Waals surface area contributed by atoms with Gasteiger partial charge in [-0.05, 0) is 12.8 Å². The number of carboxylic acid groups (broad SMARTS) is 1. The molecule has 0 aromatic rings. The Morgan fingerprint density at radius 1 is 0.964 bits per heavy atom. The van der Waals surface area contributed by atoms with Gasteiger partial charge < -0.3 is 37.2 Å². The summed E-state index contributed by atoms with van der Waals surface area (Å²) in [7, 11) is 0. The number of aliphatic hydroxyl groups excluding tert-OH is 1. The maximum absolute atomic E-state index is 12.4. The number of amides is 4. The number of aliphatic hydroxyl groups is 1. The average molecular weight is 403 g/mol. The van der Waals surface area contributed by atoms with Gasteiger partial charge in [-0.1, -0.05) is 20.3 Å². The highest BCUT2D eigenvalue weighted by Crippen LogP contribution is 2.09. The molecule has 160 valence electrons.